The van der Waals surface area contributed by atoms with E-state index in [1.807, 2.05) is 7.05 Å². The first-order valence-electron chi connectivity index (χ1n) is 10.8. The molecule has 0 spiro atoms. The van der Waals surface area contributed by atoms with Crippen molar-refractivity contribution in [1.29, 1.82) is 0 Å². The van der Waals surface area contributed by atoms with Gasteiger partial charge in [-0.2, -0.15) is 0 Å². The van der Waals surface area contributed by atoms with Crippen LogP contribution in [-0.4, -0.2) is 68.1 Å². The molecule has 27 heavy (non-hydrogen) atoms. The molecule has 2 atom stereocenters. The van der Waals surface area contributed by atoms with Crippen LogP contribution >= 0.6 is 0 Å². The third-order valence-corrected chi connectivity index (χ3v) is 6.39. The largest absolute Gasteiger partial charge is 0.356 e. The standard InChI is InChI=1S/C22H35N5/c1-23-22(24-15-18-11-14-27(17-18)20-9-10-20)25-16-21(26-12-5-6-13-26)19-7-3-2-4-8-19/h2-4,7-8,18,20-21H,5-6,9-17H2,1H3,(H2,23,24,25). The van der Waals surface area contributed by atoms with E-state index < -0.39 is 0 Å². The van der Waals surface area contributed by atoms with E-state index in [0.717, 1.165) is 31.0 Å². The number of nitrogens with zero attached hydrogens (tertiary/aromatic N) is 3. The van der Waals surface area contributed by atoms with E-state index in [1.165, 1.54) is 63.8 Å². The van der Waals surface area contributed by atoms with Crippen LogP contribution in [0.25, 0.3) is 0 Å². The van der Waals surface area contributed by atoms with Crippen molar-refractivity contribution in [3.8, 4) is 0 Å². The summed E-state index contributed by atoms with van der Waals surface area (Å²) < 4.78 is 0. The van der Waals surface area contributed by atoms with Crippen molar-refractivity contribution < 1.29 is 0 Å². The van der Waals surface area contributed by atoms with Gasteiger partial charge >= 0.3 is 0 Å². The van der Waals surface area contributed by atoms with Gasteiger partial charge in [-0.3, -0.25) is 9.89 Å². The summed E-state index contributed by atoms with van der Waals surface area (Å²) in [5.41, 5.74) is 1.40. The molecule has 5 heteroatoms. The zero-order valence-corrected chi connectivity index (χ0v) is 16.7. The summed E-state index contributed by atoms with van der Waals surface area (Å²) in [6.45, 7) is 6.88. The monoisotopic (exact) mass is 369 g/mol. The Hall–Kier alpha value is -1.59. The number of nitrogens with one attached hydrogen (secondary N) is 2. The minimum Gasteiger partial charge on any atom is -0.356 e. The maximum Gasteiger partial charge on any atom is 0.191 e. The number of likely N-dealkylation sites (tertiary alicyclic amines) is 2. The molecule has 2 heterocycles. The lowest BCUT2D eigenvalue weighted by Crippen LogP contribution is -2.44. The van der Waals surface area contributed by atoms with Crippen LogP contribution in [-0.2, 0) is 0 Å². The van der Waals surface area contributed by atoms with Crippen molar-refractivity contribution in [2.24, 2.45) is 10.9 Å². The van der Waals surface area contributed by atoms with Crippen LogP contribution in [0.4, 0.5) is 0 Å². The minimum absolute atomic E-state index is 0.420. The van der Waals surface area contributed by atoms with Crippen LogP contribution in [0.3, 0.4) is 0 Å². The molecule has 1 saturated carbocycles. The van der Waals surface area contributed by atoms with E-state index in [9.17, 15) is 0 Å². The van der Waals surface area contributed by atoms with Crippen LogP contribution in [0.2, 0.25) is 0 Å². The van der Waals surface area contributed by atoms with Crippen molar-refractivity contribution in [1.82, 2.24) is 20.4 Å². The minimum atomic E-state index is 0.420. The Bertz CT molecular complexity index is 606. The Labute approximate surface area is 164 Å². The number of aliphatic imine (C=N–C) groups is 1. The number of hydrogen-bond acceptors (Lipinski definition) is 3. The predicted octanol–water partition coefficient (Wildman–Crippen LogP) is 2.47. The van der Waals surface area contributed by atoms with Crippen LogP contribution in [0.1, 0.15) is 43.7 Å². The second kappa shape index (κ2) is 9.07. The van der Waals surface area contributed by atoms with Crippen molar-refractivity contribution in [2.45, 2.75) is 44.2 Å². The smallest absolute Gasteiger partial charge is 0.191 e. The fourth-order valence-corrected chi connectivity index (χ4v) is 4.64. The van der Waals surface area contributed by atoms with Gasteiger partial charge in [-0.1, -0.05) is 30.3 Å². The van der Waals surface area contributed by atoms with Gasteiger partial charge < -0.3 is 15.5 Å². The first-order chi connectivity index (χ1) is 13.3. The van der Waals surface area contributed by atoms with Gasteiger partial charge in [0, 0.05) is 32.7 Å². The molecule has 2 N–H and O–H groups in total. The Morgan fingerprint density at radius 1 is 1.07 bits per heavy atom. The summed E-state index contributed by atoms with van der Waals surface area (Å²) in [5.74, 6) is 1.70. The van der Waals surface area contributed by atoms with Gasteiger partial charge in [-0.25, -0.2) is 0 Å². The van der Waals surface area contributed by atoms with Crippen LogP contribution in [0.5, 0.6) is 0 Å². The van der Waals surface area contributed by atoms with E-state index in [0.29, 0.717) is 6.04 Å². The highest BCUT2D eigenvalue weighted by Crippen LogP contribution is 2.31. The van der Waals surface area contributed by atoms with Crippen molar-refractivity contribution in [2.75, 3.05) is 46.3 Å². The lowest BCUT2D eigenvalue weighted by molar-refractivity contribution is 0.245. The Balaban J connectivity index is 1.28. The molecule has 0 amide bonds. The zero-order chi connectivity index (χ0) is 18.5. The molecular weight excluding hydrogens is 334 g/mol. The van der Waals surface area contributed by atoms with Gasteiger partial charge in [0.15, 0.2) is 5.96 Å². The number of guanidine groups is 1. The molecule has 0 radical (unpaired) electrons. The van der Waals surface area contributed by atoms with E-state index in [1.54, 1.807) is 0 Å². The Kier molecular flexibility index (Phi) is 6.30. The fourth-order valence-electron chi connectivity index (χ4n) is 4.64. The highest BCUT2D eigenvalue weighted by Gasteiger charge is 2.34. The second-order valence-electron chi connectivity index (χ2n) is 8.38. The van der Waals surface area contributed by atoms with Crippen molar-refractivity contribution in [3.05, 3.63) is 35.9 Å². The van der Waals surface area contributed by atoms with Crippen molar-refractivity contribution in [3.63, 3.8) is 0 Å². The summed E-state index contributed by atoms with van der Waals surface area (Å²) in [6.07, 6.45) is 6.79. The van der Waals surface area contributed by atoms with Gasteiger partial charge in [-0.15, -0.1) is 0 Å². The number of hydrogen-bond donors (Lipinski definition) is 2. The SMILES string of the molecule is CN=C(NCC1CCN(C2CC2)C1)NCC(c1ccccc1)N1CCCC1. The van der Waals surface area contributed by atoms with Crippen LogP contribution < -0.4 is 10.6 Å². The Morgan fingerprint density at radius 3 is 2.56 bits per heavy atom. The number of benzene rings is 1. The summed E-state index contributed by atoms with van der Waals surface area (Å²) in [6, 6.07) is 12.2. The summed E-state index contributed by atoms with van der Waals surface area (Å²) >= 11 is 0. The molecule has 2 saturated heterocycles. The van der Waals surface area contributed by atoms with Gasteiger partial charge in [0.2, 0.25) is 0 Å². The molecular formula is C22H35N5. The van der Waals surface area contributed by atoms with E-state index in [4.69, 9.17) is 0 Å². The summed E-state index contributed by atoms with van der Waals surface area (Å²) in [4.78, 5) is 9.76. The highest BCUT2D eigenvalue weighted by atomic mass is 15.2. The van der Waals surface area contributed by atoms with Gasteiger partial charge in [-0.05, 0) is 63.2 Å². The molecule has 0 aromatic heterocycles. The first-order valence-corrected chi connectivity index (χ1v) is 10.8. The van der Waals surface area contributed by atoms with E-state index in [-0.39, 0.29) is 0 Å². The van der Waals surface area contributed by atoms with Gasteiger partial charge in [0.05, 0.1) is 6.04 Å². The average molecular weight is 370 g/mol. The topological polar surface area (TPSA) is 42.9 Å². The molecule has 5 nitrogen and oxygen atoms in total. The van der Waals surface area contributed by atoms with Crippen LogP contribution in [0, 0.1) is 5.92 Å². The molecule has 2 aliphatic heterocycles. The molecule has 2 unspecified atom stereocenters. The third-order valence-electron chi connectivity index (χ3n) is 6.39. The van der Waals surface area contributed by atoms with E-state index in [2.05, 4.69) is 55.8 Å². The zero-order valence-electron chi connectivity index (χ0n) is 16.7. The lowest BCUT2D eigenvalue weighted by Gasteiger charge is -2.29. The molecule has 3 aliphatic rings. The lowest BCUT2D eigenvalue weighted by atomic mass is 10.1. The molecule has 148 valence electrons. The molecule has 4 rings (SSSR count). The number of rotatable bonds is 7. The highest BCUT2D eigenvalue weighted by molar-refractivity contribution is 5.79. The maximum atomic E-state index is 4.47. The van der Waals surface area contributed by atoms with Crippen molar-refractivity contribution >= 4 is 5.96 Å². The maximum absolute atomic E-state index is 4.47. The predicted molar refractivity (Wildman–Crippen MR) is 112 cm³/mol. The summed E-state index contributed by atoms with van der Waals surface area (Å²) in [7, 11) is 1.88. The Morgan fingerprint density at radius 2 is 1.85 bits per heavy atom. The first kappa shape index (κ1) is 18.8. The van der Waals surface area contributed by atoms with E-state index >= 15 is 0 Å². The van der Waals surface area contributed by atoms with Gasteiger partial charge in [0.1, 0.15) is 0 Å². The van der Waals surface area contributed by atoms with Gasteiger partial charge in [0.25, 0.3) is 0 Å². The molecule has 1 aromatic carbocycles. The third kappa shape index (κ3) is 5.02. The summed E-state index contributed by atoms with van der Waals surface area (Å²) in [5, 5.41) is 7.18. The average Bonchev–Trinajstić information content (AvgIpc) is 3.21. The normalized spacial score (nSPS) is 25.7. The quantitative estimate of drug-likeness (QED) is 0.572. The molecule has 1 aromatic rings. The molecule has 0 bridgehead atoms. The second-order valence-corrected chi connectivity index (χ2v) is 8.38. The molecule has 3 fully saturated rings. The molecule has 1 aliphatic carbocycles. The van der Waals surface area contributed by atoms with Crippen LogP contribution in [0.15, 0.2) is 35.3 Å². The fraction of sp³-hybridized carbons (Fsp3) is 0.682.